The van der Waals surface area contributed by atoms with Gasteiger partial charge in [-0.05, 0) is 12.5 Å². The SMILES string of the molecule is CN(CCO)C(=O)C[SH](C)C. The topological polar surface area (TPSA) is 40.5 Å². The lowest BCUT2D eigenvalue weighted by molar-refractivity contribution is -0.127. The summed E-state index contributed by atoms with van der Waals surface area (Å²) < 4.78 is 0. The normalized spacial score (nSPS) is 11.1. The fraction of sp³-hybridized carbons (Fsp3) is 0.857. The lowest BCUT2D eigenvalue weighted by Gasteiger charge is -2.17. The van der Waals surface area contributed by atoms with Crippen molar-refractivity contribution in [2.45, 2.75) is 0 Å². The third-order valence-electron chi connectivity index (χ3n) is 1.31. The molecule has 0 aromatic rings. The Morgan fingerprint density at radius 2 is 2.09 bits per heavy atom. The first kappa shape index (κ1) is 10.8. The first-order valence-electron chi connectivity index (χ1n) is 3.57. The van der Waals surface area contributed by atoms with E-state index in [-0.39, 0.29) is 23.4 Å². The van der Waals surface area contributed by atoms with Crippen molar-refractivity contribution in [2.75, 3.05) is 38.5 Å². The van der Waals surface area contributed by atoms with E-state index in [4.69, 9.17) is 5.11 Å². The smallest absolute Gasteiger partial charge is 0.230 e. The van der Waals surface area contributed by atoms with Crippen molar-refractivity contribution >= 4 is 16.8 Å². The van der Waals surface area contributed by atoms with Gasteiger partial charge in [-0.3, -0.25) is 15.7 Å². The lowest BCUT2D eigenvalue weighted by Crippen LogP contribution is -2.31. The number of aliphatic hydroxyl groups excluding tert-OH is 1. The first-order chi connectivity index (χ1) is 5.07. The van der Waals surface area contributed by atoms with Crippen molar-refractivity contribution < 1.29 is 9.90 Å². The molecule has 0 saturated carbocycles. The zero-order chi connectivity index (χ0) is 8.85. The number of carbonyl (C=O) groups excluding carboxylic acids is 1. The molecule has 4 heteroatoms. The number of hydrogen-bond donors (Lipinski definition) is 2. The van der Waals surface area contributed by atoms with E-state index in [2.05, 4.69) is 12.5 Å². The Labute approximate surface area is 70.7 Å². The Hall–Kier alpha value is -0.220. The number of likely N-dealkylation sites (N-methyl/N-ethyl adjacent to an activating group) is 1. The number of rotatable bonds is 4. The van der Waals surface area contributed by atoms with Crippen LogP contribution in [0.5, 0.6) is 0 Å². The molecular formula is C7H17NO2S. The molecule has 0 aromatic carbocycles. The van der Waals surface area contributed by atoms with Gasteiger partial charge in [-0.1, -0.05) is 0 Å². The number of nitrogens with zero attached hydrogens (tertiary/aromatic N) is 1. The average molecular weight is 179 g/mol. The third-order valence-corrected chi connectivity index (χ3v) is 2.22. The minimum Gasteiger partial charge on any atom is -0.395 e. The summed E-state index contributed by atoms with van der Waals surface area (Å²) in [6.45, 7) is 0.496. The molecule has 11 heavy (non-hydrogen) atoms. The van der Waals surface area contributed by atoms with Crippen LogP contribution < -0.4 is 0 Å². The van der Waals surface area contributed by atoms with E-state index in [1.54, 1.807) is 11.9 Å². The molecule has 0 fully saturated rings. The lowest BCUT2D eigenvalue weighted by atomic mass is 10.5. The van der Waals surface area contributed by atoms with Gasteiger partial charge in [0.2, 0.25) is 5.91 Å². The molecule has 0 aliphatic carbocycles. The summed E-state index contributed by atoms with van der Waals surface area (Å²) in [5.74, 6) is 0.765. The van der Waals surface area contributed by atoms with Crippen LogP contribution in [0.4, 0.5) is 0 Å². The zero-order valence-corrected chi connectivity index (χ0v) is 8.27. The molecule has 0 unspecified atom stereocenters. The van der Waals surface area contributed by atoms with Crippen molar-refractivity contribution in [3.05, 3.63) is 0 Å². The molecule has 0 aliphatic rings. The van der Waals surface area contributed by atoms with Gasteiger partial charge in [-0.2, -0.15) is 0 Å². The largest absolute Gasteiger partial charge is 0.395 e. The van der Waals surface area contributed by atoms with Crippen LogP contribution in [-0.2, 0) is 4.79 Å². The predicted molar refractivity (Wildman–Crippen MR) is 50.4 cm³/mol. The van der Waals surface area contributed by atoms with E-state index < -0.39 is 0 Å². The summed E-state index contributed by atoms with van der Waals surface area (Å²) in [7, 11) is 1.56. The van der Waals surface area contributed by atoms with Gasteiger partial charge in [0, 0.05) is 13.6 Å². The van der Waals surface area contributed by atoms with E-state index in [0.717, 1.165) is 0 Å². The highest BCUT2D eigenvalue weighted by Gasteiger charge is 2.07. The highest BCUT2D eigenvalue weighted by atomic mass is 32.2. The van der Waals surface area contributed by atoms with E-state index >= 15 is 0 Å². The van der Waals surface area contributed by atoms with Crippen molar-refractivity contribution in [1.29, 1.82) is 0 Å². The molecule has 1 N–H and O–H groups in total. The van der Waals surface area contributed by atoms with Crippen molar-refractivity contribution in [3.8, 4) is 0 Å². The van der Waals surface area contributed by atoms with Gasteiger partial charge in [-0.25, -0.2) is 0 Å². The van der Waals surface area contributed by atoms with Crippen LogP contribution in [0.2, 0.25) is 0 Å². The molecule has 0 spiro atoms. The molecule has 0 saturated heterocycles. The summed E-state index contributed by atoms with van der Waals surface area (Å²) in [5.41, 5.74) is 0. The molecule has 0 aromatic heterocycles. The van der Waals surface area contributed by atoms with E-state index in [0.29, 0.717) is 12.3 Å². The fourth-order valence-electron chi connectivity index (χ4n) is 0.666. The fourth-order valence-corrected chi connectivity index (χ4v) is 1.45. The van der Waals surface area contributed by atoms with Gasteiger partial charge in [0.05, 0.1) is 12.4 Å². The Bertz CT molecular complexity index is 128. The number of thiol groups is 1. The second-order valence-corrected chi connectivity index (χ2v) is 5.25. The van der Waals surface area contributed by atoms with Gasteiger partial charge in [0.25, 0.3) is 0 Å². The number of aliphatic hydroxyl groups is 1. The van der Waals surface area contributed by atoms with Crippen LogP contribution in [0.1, 0.15) is 0 Å². The Balaban J connectivity index is 3.64. The van der Waals surface area contributed by atoms with Crippen molar-refractivity contribution in [2.24, 2.45) is 0 Å². The molecule has 0 atom stereocenters. The van der Waals surface area contributed by atoms with E-state index in [9.17, 15) is 4.79 Å². The monoisotopic (exact) mass is 179 g/mol. The maximum absolute atomic E-state index is 11.2. The van der Waals surface area contributed by atoms with Gasteiger partial charge in [-0.15, -0.1) is 0 Å². The summed E-state index contributed by atoms with van der Waals surface area (Å²) in [4.78, 5) is 12.7. The second-order valence-electron chi connectivity index (χ2n) is 2.78. The number of hydrogen-bond acceptors (Lipinski definition) is 2. The van der Waals surface area contributed by atoms with Gasteiger partial charge in [0.1, 0.15) is 0 Å². The van der Waals surface area contributed by atoms with Crippen molar-refractivity contribution in [1.82, 2.24) is 4.90 Å². The van der Waals surface area contributed by atoms with Gasteiger partial charge >= 0.3 is 0 Å². The van der Waals surface area contributed by atoms with Crippen LogP contribution in [0, 0.1) is 0 Å². The summed E-state index contributed by atoms with van der Waals surface area (Å²) in [6, 6.07) is 0. The second kappa shape index (κ2) is 5.43. The first-order valence-corrected chi connectivity index (χ1v) is 5.99. The highest BCUT2D eigenvalue weighted by Crippen LogP contribution is 2.12. The number of amides is 1. The zero-order valence-electron chi connectivity index (χ0n) is 7.37. The molecule has 3 nitrogen and oxygen atoms in total. The Morgan fingerprint density at radius 1 is 1.55 bits per heavy atom. The van der Waals surface area contributed by atoms with Crippen LogP contribution in [0.15, 0.2) is 0 Å². The molecular weight excluding hydrogens is 162 g/mol. The molecule has 1 amide bonds. The standard InChI is InChI=1S/C7H17NO2S/c1-8(4-5-9)7(10)6-11(2)3/h9,11H,4-6H2,1-3H3. The van der Waals surface area contributed by atoms with E-state index in [1.165, 1.54) is 0 Å². The highest BCUT2D eigenvalue weighted by molar-refractivity contribution is 8.16. The molecule has 0 rings (SSSR count). The quantitative estimate of drug-likeness (QED) is 0.582. The molecule has 0 aliphatic heterocycles. The Morgan fingerprint density at radius 3 is 2.45 bits per heavy atom. The minimum absolute atomic E-state index is 0.0492. The summed E-state index contributed by atoms with van der Waals surface area (Å²) in [6.07, 6.45) is 4.14. The maximum Gasteiger partial charge on any atom is 0.230 e. The van der Waals surface area contributed by atoms with Gasteiger partial charge in [0.15, 0.2) is 0 Å². The van der Waals surface area contributed by atoms with Crippen LogP contribution in [-0.4, -0.2) is 54.4 Å². The van der Waals surface area contributed by atoms with Gasteiger partial charge < -0.3 is 10.0 Å². The Kier molecular flexibility index (Phi) is 5.32. The van der Waals surface area contributed by atoms with Crippen LogP contribution in [0.25, 0.3) is 0 Å². The third kappa shape index (κ3) is 5.09. The maximum atomic E-state index is 11.2. The molecule has 0 radical (unpaired) electrons. The predicted octanol–water partition coefficient (Wildman–Crippen LogP) is -0.302. The molecule has 0 heterocycles. The minimum atomic E-state index is -0.156. The van der Waals surface area contributed by atoms with Crippen LogP contribution >= 0.6 is 10.9 Å². The summed E-state index contributed by atoms with van der Waals surface area (Å²) in [5, 5.41) is 8.53. The summed E-state index contributed by atoms with van der Waals surface area (Å²) >= 11 is 0. The van der Waals surface area contributed by atoms with Crippen LogP contribution in [0.3, 0.4) is 0 Å². The molecule has 68 valence electrons. The van der Waals surface area contributed by atoms with Crippen molar-refractivity contribution in [3.63, 3.8) is 0 Å². The average Bonchev–Trinajstić information content (AvgIpc) is 1.86. The van der Waals surface area contributed by atoms with E-state index in [1.807, 2.05) is 0 Å². The number of carbonyl (C=O) groups is 1. The molecule has 0 bridgehead atoms.